The van der Waals surface area contributed by atoms with Gasteiger partial charge in [0.25, 0.3) is 5.91 Å². The van der Waals surface area contributed by atoms with Crippen LogP contribution in [0.15, 0.2) is 125 Å². The van der Waals surface area contributed by atoms with Crippen LogP contribution >= 0.6 is 11.8 Å². The number of carbonyl (C=O) groups excluding carboxylic acids is 2. The van der Waals surface area contributed by atoms with Gasteiger partial charge in [0.15, 0.2) is 5.16 Å². The van der Waals surface area contributed by atoms with Crippen molar-refractivity contribution in [3.05, 3.63) is 138 Å². The van der Waals surface area contributed by atoms with Gasteiger partial charge in [-0.1, -0.05) is 80.2 Å². The molecule has 0 aliphatic carbocycles. The second-order valence-electron chi connectivity index (χ2n) is 13.5. The Bertz CT molecular complexity index is 2480. The first-order valence-electron chi connectivity index (χ1n) is 18.5. The Labute approximate surface area is 331 Å². The van der Waals surface area contributed by atoms with Crippen LogP contribution in [0, 0.1) is 0 Å². The van der Waals surface area contributed by atoms with E-state index >= 15 is 0 Å². The van der Waals surface area contributed by atoms with Crippen molar-refractivity contribution in [2.24, 2.45) is 0 Å². The van der Waals surface area contributed by atoms with Gasteiger partial charge in [-0.15, -0.1) is 0 Å². The molecular formula is C43H44N6O5S2. The van der Waals surface area contributed by atoms with Crippen molar-refractivity contribution in [3.63, 3.8) is 0 Å². The Hall–Kier alpha value is -5.47. The van der Waals surface area contributed by atoms with E-state index in [2.05, 4.69) is 52.9 Å². The van der Waals surface area contributed by atoms with Crippen LogP contribution in [0.2, 0.25) is 0 Å². The summed E-state index contributed by atoms with van der Waals surface area (Å²) in [5.74, 6) is 0.307. The molecule has 5 aromatic carbocycles. The van der Waals surface area contributed by atoms with E-state index in [0.29, 0.717) is 52.0 Å². The van der Waals surface area contributed by atoms with Crippen molar-refractivity contribution in [2.75, 3.05) is 50.2 Å². The molecule has 0 fully saturated rings. The maximum absolute atomic E-state index is 13.5. The second kappa shape index (κ2) is 16.7. The number of nitrogens with one attached hydrogen (secondary N) is 2. The first-order valence-corrected chi connectivity index (χ1v) is 20.9. The molecule has 6 aromatic rings. The monoisotopic (exact) mass is 788 g/mol. The van der Waals surface area contributed by atoms with Gasteiger partial charge in [-0.25, -0.2) is 13.4 Å². The number of imidazole rings is 1. The standard InChI is InChI=1S/C43H44N6O5S2/c1-5-48(6-2)56(52,53)32-23-24-38-37(25-32)46-43(49(38)39-17-10-11-18-40(39)54-4)55-28-41(50)44-31-21-19-30(20-22-31)42(51)45-36-16-12-15-33-34(26-47(3)27-35(33)36)29-13-8-7-9-14-29/h7-25,34H,5-6,26-28H2,1-4H3,(H,44,50)(H,45,51). The highest BCUT2D eigenvalue weighted by Gasteiger charge is 2.28. The van der Waals surface area contributed by atoms with Crippen LogP contribution in [-0.4, -0.2) is 78.5 Å². The summed E-state index contributed by atoms with van der Waals surface area (Å²) >= 11 is 1.22. The lowest BCUT2D eigenvalue weighted by Crippen LogP contribution is -2.32. The normalized spacial score (nSPS) is 14.4. The summed E-state index contributed by atoms with van der Waals surface area (Å²) in [4.78, 5) is 34.0. The Balaban J connectivity index is 1.06. The number of fused-ring (bicyclic) bond motifs is 2. The summed E-state index contributed by atoms with van der Waals surface area (Å²) in [7, 11) is -0.0394. The van der Waals surface area contributed by atoms with Crippen molar-refractivity contribution < 1.29 is 22.7 Å². The molecule has 7 rings (SSSR count). The fourth-order valence-corrected chi connectivity index (χ4v) is 9.52. The molecule has 0 saturated carbocycles. The zero-order valence-corrected chi connectivity index (χ0v) is 33.4. The highest BCUT2D eigenvalue weighted by molar-refractivity contribution is 7.99. The molecular weight excluding hydrogens is 745 g/mol. The molecule has 1 aromatic heterocycles. The second-order valence-corrected chi connectivity index (χ2v) is 16.4. The molecule has 0 spiro atoms. The number of benzene rings is 5. The van der Waals surface area contributed by atoms with Crippen LogP contribution in [0.1, 0.15) is 46.8 Å². The fourth-order valence-electron chi connectivity index (χ4n) is 7.22. The number of likely N-dealkylation sites (N-methyl/N-ethyl adjacent to an activating group) is 1. The minimum absolute atomic E-state index is 0.0167. The maximum atomic E-state index is 13.5. The molecule has 1 atom stereocenters. The number of rotatable bonds is 13. The van der Waals surface area contributed by atoms with E-state index in [0.717, 1.165) is 24.3 Å². The van der Waals surface area contributed by atoms with Crippen molar-refractivity contribution in [2.45, 2.75) is 36.4 Å². The van der Waals surface area contributed by atoms with Crippen LogP contribution in [-0.2, 0) is 21.4 Å². The smallest absolute Gasteiger partial charge is 0.255 e. The van der Waals surface area contributed by atoms with Gasteiger partial charge in [-0.05, 0) is 84.4 Å². The SMILES string of the molecule is CCN(CC)S(=O)(=O)c1ccc2c(c1)nc(SCC(=O)Nc1ccc(C(=O)Nc3cccc4c3CN(C)CC4c3ccccc3)cc1)n2-c1ccccc1OC. The number of nitrogens with zero attached hydrogens (tertiary/aromatic N) is 4. The first-order chi connectivity index (χ1) is 27.1. The summed E-state index contributed by atoms with van der Waals surface area (Å²) in [5.41, 5.74) is 7.20. The van der Waals surface area contributed by atoms with Gasteiger partial charge in [-0.3, -0.25) is 14.2 Å². The minimum Gasteiger partial charge on any atom is -0.495 e. The van der Waals surface area contributed by atoms with E-state index in [4.69, 9.17) is 9.72 Å². The molecule has 1 aliphatic rings. The Morgan fingerprint density at radius 2 is 1.62 bits per heavy atom. The summed E-state index contributed by atoms with van der Waals surface area (Å²) in [6.07, 6.45) is 0. The number of thioether (sulfide) groups is 1. The number of methoxy groups -OCH3 is 1. The predicted molar refractivity (Wildman–Crippen MR) is 223 cm³/mol. The van der Waals surface area contributed by atoms with E-state index in [9.17, 15) is 18.0 Å². The molecule has 1 aliphatic heterocycles. The number of amides is 2. The zero-order valence-electron chi connectivity index (χ0n) is 31.7. The van der Waals surface area contributed by atoms with Crippen molar-refractivity contribution in [3.8, 4) is 11.4 Å². The third-order valence-electron chi connectivity index (χ3n) is 9.99. The van der Waals surface area contributed by atoms with Crippen LogP contribution in [0.4, 0.5) is 11.4 Å². The Morgan fingerprint density at radius 3 is 2.36 bits per heavy atom. The molecule has 0 radical (unpaired) electrons. The number of aromatic nitrogens is 2. The Kier molecular flexibility index (Phi) is 11.6. The largest absolute Gasteiger partial charge is 0.495 e. The third-order valence-corrected chi connectivity index (χ3v) is 13.0. The van der Waals surface area contributed by atoms with Crippen LogP contribution < -0.4 is 15.4 Å². The average molecular weight is 789 g/mol. The quantitative estimate of drug-likeness (QED) is 0.115. The van der Waals surface area contributed by atoms with Crippen LogP contribution in [0.5, 0.6) is 5.75 Å². The lowest BCUT2D eigenvalue weighted by atomic mass is 9.84. The van der Waals surface area contributed by atoms with Gasteiger partial charge in [0.2, 0.25) is 15.9 Å². The fraction of sp³-hybridized carbons (Fsp3) is 0.233. The van der Waals surface area contributed by atoms with Crippen molar-refractivity contribution >= 4 is 56.0 Å². The molecule has 0 bridgehead atoms. The molecule has 11 nitrogen and oxygen atoms in total. The summed E-state index contributed by atoms with van der Waals surface area (Å²) in [5, 5.41) is 6.54. The molecule has 2 N–H and O–H groups in total. The van der Waals surface area contributed by atoms with Crippen molar-refractivity contribution in [1.29, 1.82) is 0 Å². The predicted octanol–water partition coefficient (Wildman–Crippen LogP) is 7.63. The van der Waals surface area contributed by atoms with E-state index in [1.54, 1.807) is 63.4 Å². The van der Waals surface area contributed by atoms with E-state index in [-0.39, 0.29) is 28.4 Å². The summed E-state index contributed by atoms with van der Waals surface area (Å²) in [6.45, 7) is 5.93. The lowest BCUT2D eigenvalue weighted by Gasteiger charge is -2.34. The van der Waals surface area contributed by atoms with Gasteiger partial charge in [0, 0.05) is 49.0 Å². The van der Waals surface area contributed by atoms with Gasteiger partial charge >= 0.3 is 0 Å². The van der Waals surface area contributed by atoms with E-state index in [1.807, 2.05) is 47.0 Å². The highest BCUT2D eigenvalue weighted by Crippen LogP contribution is 2.37. The number of sulfonamides is 1. The minimum atomic E-state index is -3.71. The van der Waals surface area contributed by atoms with E-state index < -0.39 is 10.0 Å². The molecule has 13 heteroatoms. The summed E-state index contributed by atoms with van der Waals surface area (Å²) < 4.78 is 35.6. The zero-order chi connectivity index (χ0) is 39.4. The Morgan fingerprint density at radius 1 is 0.893 bits per heavy atom. The van der Waals surface area contributed by atoms with Gasteiger partial charge < -0.3 is 20.3 Å². The lowest BCUT2D eigenvalue weighted by molar-refractivity contribution is -0.113. The number of hydrogen-bond acceptors (Lipinski definition) is 8. The molecule has 0 saturated heterocycles. The number of anilines is 2. The number of ether oxygens (including phenoxy) is 1. The molecule has 288 valence electrons. The molecule has 1 unspecified atom stereocenters. The van der Waals surface area contributed by atoms with Crippen LogP contribution in [0.3, 0.4) is 0 Å². The topological polar surface area (TPSA) is 126 Å². The molecule has 2 amide bonds. The average Bonchev–Trinajstić information content (AvgIpc) is 3.58. The van der Waals surface area contributed by atoms with Gasteiger partial charge in [0.1, 0.15) is 5.75 Å². The number of para-hydroxylation sites is 2. The number of carbonyl (C=O) groups is 2. The molecule has 2 heterocycles. The van der Waals surface area contributed by atoms with Crippen molar-refractivity contribution in [1.82, 2.24) is 18.8 Å². The van der Waals surface area contributed by atoms with E-state index in [1.165, 1.54) is 27.2 Å². The first kappa shape index (κ1) is 38.8. The van der Waals surface area contributed by atoms with Crippen LogP contribution in [0.25, 0.3) is 16.7 Å². The van der Waals surface area contributed by atoms with Gasteiger partial charge in [-0.2, -0.15) is 4.31 Å². The summed E-state index contributed by atoms with van der Waals surface area (Å²) in [6, 6.07) is 35.7. The molecule has 56 heavy (non-hydrogen) atoms. The number of hydrogen-bond donors (Lipinski definition) is 2. The third kappa shape index (κ3) is 7.94. The maximum Gasteiger partial charge on any atom is 0.255 e. The van der Waals surface area contributed by atoms with Gasteiger partial charge in [0.05, 0.1) is 34.5 Å². The highest BCUT2D eigenvalue weighted by atomic mass is 32.2.